The minimum absolute atomic E-state index is 0.0862. The quantitative estimate of drug-likeness (QED) is 0.364. The Hall–Kier alpha value is -4.11. The number of para-hydroxylation sites is 1. The second-order valence-corrected chi connectivity index (χ2v) is 7.93. The molecule has 3 N–H and O–H groups in total. The van der Waals surface area contributed by atoms with E-state index in [1.165, 1.54) is 53.4 Å². The van der Waals surface area contributed by atoms with Crippen LogP contribution in [0.5, 0.6) is 0 Å². The van der Waals surface area contributed by atoms with Crippen molar-refractivity contribution in [2.24, 2.45) is 10.7 Å². The molecule has 0 heterocycles. The highest BCUT2D eigenvalue weighted by atomic mass is 35.5. The van der Waals surface area contributed by atoms with E-state index in [0.29, 0.717) is 18.3 Å². The number of alkyl halides is 3. The smallest absolute Gasteiger partial charge is 0.430 e. The first kappa shape index (κ1) is 26.5. The lowest BCUT2D eigenvalue weighted by Gasteiger charge is -2.21. The molecule has 0 aromatic heterocycles. The van der Waals surface area contributed by atoms with Crippen LogP contribution in [-0.2, 0) is 0 Å². The lowest BCUT2D eigenvalue weighted by molar-refractivity contribution is -0.0925. The number of allylic oxidation sites excluding steroid dienone is 2. The molecule has 36 heavy (non-hydrogen) atoms. The maximum absolute atomic E-state index is 13.1. The van der Waals surface area contributed by atoms with Gasteiger partial charge in [-0.05, 0) is 61.5 Å². The molecule has 0 aliphatic heterocycles. The monoisotopic (exact) mass is 515 g/mol. The number of aromatic carboxylic acids is 1. The van der Waals surface area contributed by atoms with Gasteiger partial charge in [-0.3, -0.25) is 4.79 Å². The van der Waals surface area contributed by atoms with Crippen LogP contribution in [-0.4, -0.2) is 35.4 Å². The average Bonchev–Trinajstić information content (AvgIpc) is 2.85. The summed E-state index contributed by atoms with van der Waals surface area (Å²) in [4.78, 5) is 29.9. The number of benzene rings is 3. The molecule has 0 aliphatic carbocycles. The van der Waals surface area contributed by atoms with Gasteiger partial charge in [0, 0.05) is 23.4 Å². The van der Waals surface area contributed by atoms with Gasteiger partial charge in [-0.25, -0.2) is 9.79 Å². The highest BCUT2D eigenvalue weighted by Gasteiger charge is 2.32. The number of carboxylic acids is 1. The highest BCUT2D eigenvalue weighted by molar-refractivity contribution is 6.33. The van der Waals surface area contributed by atoms with Gasteiger partial charge in [0.05, 0.1) is 22.0 Å². The largest absolute Gasteiger partial charge is 0.478 e. The minimum atomic E-state index is -4.75. The standard InChI is InChI=1S/C26H21ClF3N3O3/c1-2-33(19-13-11-18(12-14-19)25(35)36)24(34)17-9-7-16(8-10-17)22(15-23(31)26(28,29)30)32-21-6-4-3-5-20(21)27/h3-15H,2,31H2,1H3,(H,35,36). The zero-order chi connectivity index (χ0) is 26.5. The van der Waals surface area contributed by atoms with Crippen LogP contribution in [0.2, 0.25) is 5.02 Å². The van der Waals surface area contributed by atoms with E-state index in [-0.39, 0.29) is 39.0 Å². The van der Waals surface area contributed by atoms with Crippen molar-refractivity contribution in [3.8, 4) is 0 Å². The van der Waals surface area contributed by atoms with E-state index in [1.54, 1.807) is 31.2 Å². The van der Waals surface area contributed by atoms with Crippen LogP contribution in [0, 0.1) is 0 Å². The molecule has 0 bridgehead atoms. The molecule has 0 spiro atoms. The fourth-order valence-corrected chi connectivity index (χ4v) is 3.43. The van der Waals surface area contributed by atoms with Crippen molar-refractivity contribution in [2.45, 2.75) is 13.1 Å². The lowest BCUT2D eigenvalue weighted by atomic mass is 10.0. The number of carboxylic acid groups (broad SMARTS) is 1. The highest BCUT2D eigenvalue weighted by Crippen LogP contribution is 2.27. The summed E-state index contributed by atoms with van der Waals surface area (Å²) in [5.74, 6) is -1.46. The molecular formula is C26H21ClF3N3O3. The summed E-state index contributed by atoms with van der Waals surface area (Å²) >= 11 is 6.12. The second kappa shape index (κ2) is 11.1. The predicted octanol–water partition coefficient (Wildman–Crippen LogP) is 6.23. The summed E-state index contributed by atoms with van der Waals surface area (Å²) in [7, 11) is 0. The summed E-state index contributed by atoms with van der Waals surface area (Å²) in [6.45, 7) is 2.06. The van der Waals surface area contributed by atoms with Crippen LogP contribution in [0.25, 0.3) is 0 Å². The fraction of sp³-hybridized carbons (Fsp3) is 0.115. The number of hydrogen-bond acceptors (Lipinski definition) is 4. The number of rotatable bonds is 7. The van der Waals surface area contributed by atoms with Gasteiger partial charge in [-0.1, -0.05) is 35.9 Å². The Labute approximate surface area is 210 Å². The van der Waals surface area contributed by atoms with Crippen molar-refractivity contribution in [1.29, 1.82) is 0 Å². The molecule has 3 aromatic carbocycles. The third kappa shape index (κ3) is 6.31. The van der Waals surface area contributed by atoms with Crippen molar-refractivity contribution in [1.82, 2.24) is 0 Å². The summed E-state index contributed by atoms with van der Waals surface area (Å²) in [5.41, 5.74) is 5.20. The number of carbonyl (C=O) groups is 2. The van der Waals surface area contributed by atoms with Crippen LogP contribution < -0.4 is 10.6 Å². The number of carbonyl (C=O) groups excluding carboxylic acids is 1. The van der Waals surface area contributed by atoms with Crippen molar-refractivity contribution in [2.75, 3.05) is 11.4 Å². The van der Waals surface area contributed by atoms with E-state index in [4.69, 9.17) is 22.4 Å². The first-order chi connectivity index (χ1) is 17.0. The zero-order valence-electron chi connectivity index (χ0n) is 19.0. The Bertz CT molecular complexity index is 1320. The zero-order valence-corrected chi connectivity index (χ0v) is 19.7. The number of amides is 1. The molecule has 1 amide bonds. The first-order valence-corrected chi connectivity index (χ1v) is 11.0. The van der Waals surface area contributed by atoms with Crippen LogP contribution in [0.3, 0.4) is 0 Å². The van der Waals surface area contributed by atoms with Crippen LogP contribution in [0.15, 0.2) is 89.6 Å². The number of anilines is 1. The molecule has 0 unspecified atom stereocenters. The van der Waals surface area contributed by atoms with Gasteiger partial charge < -0.3 is 15.7 Å². The van der Waals surface area contributed by atoms with Gasteiger partial charge in [-0.15, -0.1) is 0 Å². The molecule has 0 saturated carbocycles. The van der Waals surface area contributed by atoms with E-state index >= 15 is 0 Å². The molecule has 0 saturated heterocycles. The SMILES string of the molecule is CCN(C(=O)c1ccc(C(C=C(N)C(F)(F)F)=Nc2ccccc2Cl)cc1)c1ccc(C(=O)O)cc1. The second-order valence-electron chi connectivity index (χ2n) is 7.52. The Kier molecular flexibility index (Phi) is 8.16. The van der Waals surface area contributed by atoms with Gasteiger partial charge in [-0.2, -0.15) is 13.2 Å². The van der Waals surface area contributed by atoms with Gasteiger partial charge >= 0.3 is 12.1 Å². The number of nitrogens with zero attached hydrogens (tertiary/aromatic N) is 2. The van der Waals surface area contributed by atoms with Crippen LogP contribution in [0.1, 0.15) is 33.2 Å². The van der Waals surface area contributed by atoms with E-state index in [2.05, 4.69) is 4.99 Å². The van der Waals surface area contributed by atoms with Gasteiger partial charge in [0.2, 0.25) is 0 Å². The molecule has 0 aliphatic rings. The number of hydrogen-bond donors (Lipinski definition) is 2. The molecular weight excluding hydrogens is 495 g/mol. The van der Waals surface area contributed by atoms with Crippen LogP contribution in [0.4, 0.5) is 24.5 Å². The van der Waals surface area contributed by atoms with E-state index in [9.17, 15) is 22.8 Å². The summed E-state index contributed by atoms with van der Waals surface area (Å²) in [6.07, 6.45) is -4.04. The van der Waals surface area contributed by atoms with Gasteiger partial charge in [0.1, 0.15) is 5.70 Å². The predicted molar refractivity (Wildman–Crippen MR) is 133 cm³/mol. The molecule has 186 valence electrons. The number of halogens is 4. The summed E-state index contributed by atoms with van der Waals surface area (Å²) in [6, 6.07) is 18.1. The van der Waals surface area contributed by atoms with Crippen LogP contribution >= 0.6 is 11.6 Å². The molecule has 10 heteroatoms. The first-order valence-electron chi connectivity index (χ1n) is 10.6. The Balaban J connectivity index is 1.96. The van der Waals surface area contributed by atoms with E-state index in [0.717, 1.165) is 0 Å². The Morgan fingerprint density at radius 3 is 2.06 bits per heavy atom. The average molecular weight is 516 g/mol. The molecule has 6 nitrogen and oxygen atoms in total. The molecule has 0 atom stereocenters. The fourth-order valence-electron chi connectivity index (χ4n) is 3.25. The Morgan fingerprint density at radius 1 is 0.972 bits per heavy atom. The molecule has 3 aromatic rings. The number of aliphatic imine (C=N–C) groups is 1. The van der Waals surface area contributed by atoms with Crippen molar-refractivity contribution >= 4 is 40.6 Å². The number of nitrogens with two attached hydrogens (primary N) is 1. The van der Waals surface area contributed by atoms with E-state index < -0.39 is 17.8 Å². The maximum atomic E-state index is 13.1. The van der Waals surface area contributed by atoms with Crippen molar-refractivity contribution in [3.05, 3.63) is 106 Å². The molecule has 0 fully saturated rings. The Morgan fingerprint density at radius 2 is 1.53 bits per heavy atom. The summed E-state index contributed by atoms with van der Waals surface area (Å²) in [5, 5.41) is 9.31. The molecule has 0 radical (unpaired) electrons. The third-order valence-corrected chi connectivity index (χ3v) is 5.45. The molecule has 3 rings (SSSR count). The maximum Gasteiger partial charge on any atom is 0.430 e. The van der Waals surface area contributed by atoms with Crippen molar-refractivity contribution < 1.29 is 27.9 Å². The lowest BCUT2D eigenvalue weighted by Crippen LogP contribution is -2.30. The summed E-state index contributed by atoms with van der Waals surface area (Å²) < 4.78 is 39.3. The minimum Gasteiger partial charge on any atom is -0.478 e. The third-order valence-electron chi connectivity index (χ3n) is 5.13. The van der Waals surface area contributed by atoms with Crippen molar-refractivity contribution in [3.63, 3.8) is 0 Å². The van der Waals surface area contributed by atoms with Gasteiger partial charge in [0.25, 0.3) is 5.91 Å². The van der Waals surface area contributed by atoms with E-state index in [1.807, 2.05) is 0 Å². The van der Waals surface area contributed by atoms with Gasteiger partial charge in [0.15, 0.2) is 0 Å². The normalized spacial score (nSPS) is 12.4. The topological polar surface area (TPSA) is 96.0 Å².